The molecule has 0 unspecified atom stereocenters. The lowest BCUT2D eigenvalue weighted by Crippen LogP contribution is -2.14. The normalized spacial score (nSPS) is 10.8. The Kier molecular flexibility index (Phi) is 4.24. The summed E-state index contributed by atoms with van der Waals surface area (Å²) >= 11 is 2.32. The maximum Gasteiger partial charge on any atom is 0.346 e. The van der Waals surface area contributed by atoms with Gasteiger partial charge < -0.3 is 5.11 Å². The van der Waals surface area contributed by atoms with Crippen molar-refractivity contribution in [3.05, 3.63) is 69.7 Å². The summed E-state index contributed by atoms with van der Waals surface area (Å²) in [5.74, 6) is -1.58. The number of hydrogen-bond acceptors (Lipinski definition) is 5. The van der Waals surface area contributed by atoms with Crippen LogP contribution in [0.15, 0.2) is 59.3 Å². The molecule has 0 atom stereocenters. The Balaban J connectivity index is 1.58. The van der Waals surface area contributed by atoms with Crippen LogP contribution in [0.25, 0.3) is 22.0 Å². The topological polar surface area (TPSA) is 79.3 Å². The number of anilines is 1. The third-order valence-electron chi connectivity index (χ3n) is 3.87. The average Bonchev–Trinajstić information content (AvgIpc) is 3.31. The Hall–Kier alpha value is -3.03. The summed E-state index contributed by atoms with van der Waals surface area (Å²) in [6.07, 6.45) is 0. The van der Waals surface area contributed by atoms with E-state index in [1.54, 1.807) is 5.38 Å². The summed E-state index contributed by atoms with van der Waals surface area (Å²) in [5, 5.41) is 18.0. The van der Waals surface area contributed by atoms with Crippen LogP contribution in [0.4, 0.5) is 5.13 Å². The molecule has 2 heterocycles. The smallest absolute Gasteiger partial charge is 0.346 e. The van der Waals surface area contributed by atoms with Crippen molar-refractivity contribution >= 4 is 50.5 Å². The minimum Gasteiger partial charge on any atom is -0.477 e. The fraction of sp³-hybridized carbons (Fsp3) is 0. The van der Waals surface area contributed by atoms with Crippen LogP contribution in [0.2, 0.25) is 0 Å². The van der Waals surface area contributed by atoms with Crippen molar-refractivity contribution in [2.45, 2.75) is 0 Å². The largest absolute Gasteiger partial charge is 0.477 e. The van der Waals surface area contributed by atoms with Gasteiger partial charge in [0.25, 0.3) is 5.91 Å². The number of rotatable bonds is 4. The Morgan fingerprint density at radius 1 is 1.00 bits per heavy atom. The van der Waals surface area contributed by atoms with Gasteiger partial charge in [-0.3, -0.25) is 10.1 Å². The number of thiophene rings is 1. The third kappa shape index (κ3) is 3.10. The molecule has 0 fully saturated rings. The van der Waals surface area contributed by atoms with Crippen molar-refractivity contribution in [2.24, 2.45) is 0 Å². The van der Waals surface area contributed by atoms with Gasteiger partial charge in [0, 0.05) is 10.9 Å². The van der Waals surface area contributed by atoms with Crippen LogP contribution >= 0.6 is 22.7 Å². The molecule has 5 nitrogen and oxygen atoms in total. The van der Waals surface area contributed by atoms with Crippen molar-refractivity contribution in [1.82, 2.24) is 4.98 Å². The Morgan fingerprint density at radius 2 is 1.81 bits per heavy atom. The molecule has 0 bridgehead atoms. The van der Waals surface area contributed by atoms with Gasteiger partial charge in [-0.1, -0.05) is 36.4 Å². The SMILES string of the molecule is O=C(Nc1nc(-c2ccc3ccccc3c2)cs1)c1ccsc1C(=O)O. The summed E-state index contributed by atoms with van der Waals surface area (Å²) in [4.78, 5) is 27.9. The van der Waals surface area contributed by atoms with Gasteiger partial charge in [-0.2, -0.15) is 0 Å². The van der Waals surface area contributed by atoms with Crippen LogP contribution in [-0.2, 0) is 0 Å². The van der Waals surface area contributed by atoms with Crippen LogP contribution in [0.3, 0.4) is 0 Å². The molecule has 0 saturated heterocycles. The molecule has 0 spiro atoms. The number of carbonyl (C=O) groups excluding carboxylic acids is 1. The van der Waals surface area contributed by atoms with Gasteiger partial charge in [0.15, 0.2) is 5.13 Å². The van der Waals surface area contributed by atoms with E-state index in [-0.39, 0.29) is 10.4 Å². The van der Waals surface area contributed by atoms with E-state index in [4.69, 9.17) is 5.11 Å². The lowest BCUT2D eigenvalue weighted by molar-refractivity contribution is 0.0698. The predicted octanol–water partition coefficient (Wildman–Crippen LogP) is 4.98. The minimum absolute atomic E-state index is 0.0220. The van der Waals surface area contributed by atoms with Gasteiger partial charge in [0.05, 0.1) is 11.3 Å². The minimum atomic E-state index is -1.11. The zero-order valence-electron chi connectivity index (χ0n) is 13.3. The van der Waals surface area contributed by atoms with Gasteiger partial charge >= 0.3 is 5.97 Å². The number of fused-ring (bicyclic) bond motifs is 1. The molecule has 2 aromatic heterocycles. The molecule has 0 aliphatic heterocycles. The average molecular weight is 380 g/mol. The van der Waals surface area contributed by atoms with Crippen LogP contribution in [0.5, 0.6) is 0 Å². The van der Waals surface area contributed by atoms with E-state index in [1.165, 1.54) is 17.4 Å². The summed E-state index contributed by atoms with van der Waals surface area (Å²) in [5.41, 5.74) is 1.87. The van der Waals surface area contributed by atoms with E-state index < -0.39 is 11.9 Å². The van der Waals surface area contributed by atoms with Crippen molar-refractivity contribution in [3.8, 4) is 11.3 Å². The standard InChI is InChI=1S/C19H12N2O3S2/c22-17(14-7-8-25-16(14)18(23)24)21-19-20-15(10-26-19)13-6-5-11-3-1-2-4-12(11)9-13/h1-10H,(H,23,24)(H,20,21,22). The first-order valence-electron chi connectivity index (χ1n) is 7.68. The second kappa shape index (κ2) is 6.70. The van der Waals surface area contributed by atoms with E-state index in [0.29, 0.717) is 5.13 Å². The summed E-state index contributed by atoms with van der Waals surface area (Å²) in [6, 6.07) is 15.6. The number of nitrogens with one attached hydrogen (secondary N) is 1. The van der Waals surface area contributed by atoms with E-state index in [1.807, 2.05) is 41.8 Å². The van der Waals surface area contributed by atoms with Gasteiger partial charge in [0.2, 0.25) is 0 Å². The van der Waals surface area contributed by atoms with Crippen molar-refractivity contribution in [2.75, 3.05) is 5.32 Å². The summed E-state index contributed by atoms with van der Waals surface area (Å²) in [6.45, 7) is 0. The quantitative estimate of drug-likeness (QED) is 0.524. The molecule has 4 rings (SSSR count). The first kappa shape index (κ1) is 16.4. The van der Waals surface area contributed by atoms with Crippen LogP contribution in [-0.4, -0.2) is 22.0 Å². The number of carbonyl (C=O) groups is 2. The predicted molar refractivity (Wildman–Crippen MR) is 104 cm³/mol. The molecule has 2 N–H and O–H groups in total. The molecule has 0 radical (unpaired) electrons. The number of amides is 1. The van der Waals surface area contributed by atoms with Gasteiger partial charge in [-0.25, -0.2) is 9.78 Å². The van der Waals surface area contributed by atoms with E-state index in [2.05, 4.69) is 16.4 Å². The van der Waals surface area contributed by atoms with Gasteiger partial charge in [-0.05, 0) is 28.3 Å². The number of aromatic carboxylic acids is 1. The molecule has 4 aromatic rings. The highest BCUT2D eigenvalue weighted by Crippen LogP contribution is 2.28. The number of carboxylic acids is 1. The number of nitrogens with zero attached hydrogens (tertiary/aromatic N) is 1. The molecule has 0 saturated carbocycles. The maximum absolute atomic E-state index is 12.3. The highest BCUT2D eigenvalue weighted by molar-refractivity contribution is 7.14. The first-order chi connectivity index (χ1) is 12.6. The van der Waals surface area contributed by atoms with Crippen LogP contribution < -0.4 is 5.32 Å². The Bertz CT molecular complexity index is 1130. The van der Waals surface area contributed by atoms with E-state index in [0.717, 1.165) is 33.4 Å². The molecule has 26 heavy (non-hydrogen) atoms. The maximum atomic E-state index is 12.3. The third-order valence-corrected chi connectivity index (χ3v) is 5.53. The van der Waals surface area contributed by atoms with E-state index >= 15 is 0 Å². The molecule has 0 aliphatic carbocycles. The van der Waals surface area contributed by atoms with Gasteiger partial charge in [-0.15, -0.1) is 22.7 Å². The lowest BCUT2D eigenvalue weighted by atomic mass is 10.1. The number of carboxylic acid groups (broad SMARTS) is 1. The second-order valence-corrected chi connectivity index (χ2v) is 7.30. The molecular formula is C19H12N2O3S2. The lowest BCUT2D eigenvalue weighted by Gasteiger charge is -2.02. The number of hydrogen-bond donors (Lipinski definition) is 2. The first-order valence-corrected chi connectivity index (χ1v) is 9.44. The monoisotopic (exact) mass is 380 g/mol. The Morgan fingerprint density at radius 3 is 2.62 bits per heavy atom. The number of thiazole rings is 1. The van der Waals surface area contributed by atoms with E-state index in [9.17, 15) is 9.59 Å². The van der Waals surface area contributed by atoms with Crippen molar-refractivity contribution in [1.29, 1.82) is 0 Å². The zero-order valence-corrected chi connectivity index (χ0v) is 14.9. The summed E-state index contributed by atoms with van der Waals surface area (Å²) in [7, 11) is 0. The van der Waals surface area contributed by atoms with Crippen LogP contribution in [0, 0.1) is 0 Å². The molecule has 128 valence electrons. The highest BCUT2D eigenvalue weighted by Gasteiger charge is 2.19. The molecule has 1 amide bonds. The number of benzene rings is 2. The zero-order chi connectivity index (χ0) is 18.1. The highest BCUT2D eigenvalue weighted by atomic mass is 32.1. The number of aromatic nitrogens is 1. The molecule has 0 aliphatic rings. The Labute approximate surface area is 156 Å². The second-order valence-electron chi connectivity index (χ2n) is 5.52. The fourth-order valence-electron chi connectivity index (χ4n) is 2.63. The van der Waals surface area contributed by atoms with Gasteiger partial charge in [0.1, 0.15) is 4.88 Å². The summed E-state index contributed by atoms with van der Waals surface area (Å²) < 4.78 is 0. The fourth-order valence-corrected chi connectivity index (χ4v) is 4.07. The molecule has 2 aromatic carbocycles. The van der Waals surface area contributed by atoms with Crippen LogP contribution in [0.1, 0.15) is 20.0 Å². The molecular weight excluding hydrogens is 368 g/mol. The van der Waals surface area contributed by atoms with Crippen molar-refractivity contribution < 1.29 is 14.7 Å². The van der Waals surface area contributed by atoms with Crippen molar-refractivity contribution in [3.63, 3.8) is 0 Å². The molecule has 7 heteroatoms.